The standard InChI is InChI=1S/C29H33N5O4S/c1-19-17-27(31-21-12-14-24(37-5)15-13-21)33-28(30-19)32-22-8-10-23(11-9-22)34-39(35,36)26-18-20(29(2,3)4)7-16-25(26)38-6/h7-18,34H,1-6H3,(H2,30,31,32,33). The van der Waals surface area contributed by atoms with E-state index in [-0.39, 0.29) is 16.1 Å². The summed E-state index contributed by atoms with van der Waals surface area (Å²) < 4.78 is 39.7. The highest BCUT2D eigenvalue weighted by atomic mass is 32.2. The zero-order valence-electron chi connectivity index (χ0n) is 22.9. The third-order valence-corrected chi connectivity index (χ3v) is 7.33. The van der Waals surface area contributed by atoms with Gasteiger partial charge in [0.05, 0.1) is 14.2 Å². The molecule has 0 aliphatic rings. The van der Waals surface area contributed by atoms with Crippen molar-refractivity contribution in [3.63, 3.8) is 0 Å². The molecule has 0 spiro atoms. The number of nitrogens with one attached hydrogen (secondary N) is 3. The van der Waals surface area contributed by atoms with Crippen LogP contribution < -0.4 is 24.8 Å². The Kier molecular flexibility index (Phi) is 7.96. The van der Waals surface area contributed by atoms with Crippen LogP contribution in [0.1, 0.15) is 32.0 Å². The number of hydrogen-bond donors (Lipinski definition) is 3. The zero-order chi connectivity index (χ0) is 28.2. The molecule has 0 aliphatic carbocycles. The zero-order valence-corrected chi connectivity index (χ0v) is 23.7. The van der Waals surface area contributed by atoms with Gasteiger partial charge in [0.25, 0.3) is 10.0 Å². The van der Waals surface area contributed by atoms with Gasteiger partial charge in [0.2, 0.25) is 5.95 Å². The van der Waals surface area contributed by atoms with Gasteiger partial charge in [-0.05, 0) is 78.6 Å². The summed E-state index contributed by atoms with van der Waals surface area (Å²) in [6.45, 7) is 7.97. The molecule has 0 amide bonds. The monoisotopic (exact) mass is 547 g/mol. The Morgan fingerprint density at radius 1 is 0.744 bits per heavy atom. The van der Waals surface area contributed by atoms with Crippen molar-refractivity contribution in [2.24, 2.45) is 0 Å². The quantitative estimate of drug-likeness (QED) is 0.221. The molecule has 0 fully saturated rings. The molecule has 4 aromatic rings. The average molecular weight is 548 g/mol. The molecule has 4 rings (SSSR count). The summed E-state index contributed by atoms with van der Waals surface area (Å²) in [5.41, 5.74) is 3.43. The summed E-state index contributed by atoms with van der Waals surface area (Å²) in [7, 11) is -0.813. The molecule has 0 radical (unpaired) electrons. The van der Waals surface area contributed by atoms with E-state index in [9.17, 15) is 8.42 Å². The van der Waals surface area contributed by atoms with Crippen LogP contribution in [0.5, 0.6) is 11.5 Å². The van der Waals surface area contributed by atoms with Gasteiger partial charge in [-0.3, -0.25) is 4.72 Å². The maximum Gasteiger partial charge on any atom is 0.265 e. The highest BCUT2D eigenvalue weighted by molar-refractivity contribution is 7.92. The molecule has 10 heteroatoms. The molecule has 39 heavy (non-hydrogen) atoms. The van der Waals surface area contributed by atoms with Crippen molar-refractivity contribution in [1.29, 1.82) is 0 Å². The topological polar surface area (TPSA) is 114 Å². The van der Waals surface area contributed by atoms with E-state index in [1.807, 2.05) is 64.1 Å². The third-order valence-electron chi connectivity index (χ3n) is 5.93. The van der Waals surface area contributed by atoms with Crippen LogP contribution >= 0.6 is 0 Å². The number of sulfonamides is 1. The predicted octanol–water partition coefficient (Wildman–Crippen LogP) is 6.39. The lowest BCUT2D eigenvalue weighted by Crippen LogP contribution is -2.17. The summed E-state index contributed by atoms with van der Waals surface area (Å²) >= 11 is 0. The number of ether oxygens (including phenoxy) is 2. The number of anilines is 5. The Labute approximate surface area is 229 Å². The fraction of sp³-hybridized carbons (Fsp3) is 0.241. The number of rotatable bonds is 9. The van der Waals surface area contributed by atoms with Crippen LogP contribution in [0.15, 0.2) is 77.7 Å². The SMILES string of the molecule is COc1ccc(Nc2cc(C)nc(Nc3ccc(NS(=O)(=O)c4cc(C(C)(C)C)ccc4OC)cc3)n2)cc1. The number of hydrogen-bond acceptors (Lipinski definition) is 8. The third kappa shape index (κ3) is 6.97. The second kappa shape index (κ2) is 11.2. The number of aromatic nitrogens is 2. The summed E-state index contributed by atoms with van der Waals surface area (Å²) in [6.07, 6.45) is 0. The van der Waals surface area contributed by atoms with Gasteiger partial charge in [-0.25, -0.2) is 13.4 Å². The summed E-state index contributed by atoms with van der Waals surface area (Å²) in [4.78, 5) is 9.09. The normalized spacial score (nSPS) is 11.5. The summed E-state index contributed by atoms with van der Waals surface area (Å²) in [5.74, 6) is 2.09. The highest BCUT2D eigenvalue weighted by Gasteiger charge is 2.23. The lowest BCUT2D eigenvalue weighted by molar-refractivity contribution is 0.402. The van der Waals surface area contributed by atoms with Crippen LogP contribution in [0.25, 0.3) is 0 Å². The molecule has 1 heterocycles. The lowest BCUT2D eigenvalue weighted by atomic mass is 9.87. The van der Waals surface area contributed by atoms with E-state index in [4.69, 9.17) is 9.47 Å². The van der Waals surface area contributed by atoms with Crippen molar-refractivity contribution in [3.8, 4) is 11.5 Å². The average Bonchev–Trinajstić information content (AvgIpc) is 2.89. The Balaban J connectivity index is 1.49. The summed E-state index contributed by atoms with van der Waals surface area (Å²) in [5, 5.41) is 6.44. The largest absolute Gasteiger partial charge is 0.497 e. The molecule has 3 N–H and O–H groups in total. The minimum absolute atomic E-state index is 0.0877. The Morgan fingerprint density at radius 3 is 1.97 bits per heavy atom. The maximum atomic E-state index is 13.3. The van der Waals surface area contributed by atoms with E-state index in [1.165, 1.54) is 7.11 Å². The van der Waals surface area contributed by atoms with Crippen molar-refractivity contribution in [3.05, 3.63) is 84.1 Å². The van der Waals surface area contributed by atoms with Gasteiger partial charge in [0, 0.05) is 28.8 Å². The predicted molar refractivity (Wildman–Crippen MR) is 155 cm³/mol. The van der Waals surface area contributed by atoms with Gasteiger partial charge in [-0.15, -0.1) is 0 Å². The fourth-order valence-corrected chi connectivity index (χ4v) is 5.08. The molecule has 0 bridgehead atoms. The fourth-order valence-electron chi connectivity index (χ4n) is 3.82. The van der Waals surface area contributed by atoms with E-state index in [2.05, 4.69) is 25.3 Å². The Hall–Kier alpha value is -4.31. The number of methoxy groups -OCH3 is 2. The first-order valence-electron chi connectivity index (χ1n) is 12.3. The first-order chi connectivity index (χ1) is 18.5. The van der Waals surface area contributed by atoms with Gasteiger partial charge in [-0.2, -0.15) is 4.98 Å². The minimum Gasteiger partial charge on any atom is -0.497 e. The molecule has 0 atom stereocenters. The van der Waals surface area contributed by atoms with E-state index in [0.717, 1.165) is 22.7 Å². The van der Waals surface area contributed by atoms with E-state index in [0.29, 0.717) is 23.1 Å². The molecule has 9 nitrogen and oxygen atoms in total. The number of aryl methyl sites for hydroxylation is 1. The van der Waals surface area contributed by atoms with Crippen LogP contribution in [0.3, 0.4) is 0 Å². The van der Waals surface area contributed by atoms with Crippen LogP contribution in [-0.4, -0.2) is 32.6 Å². The molecule has 0 unspecified atom stereocenters. The van der Waals surface area contributed by atoms with Gasteiger partial charge < -0.3 is 20.1 Å². The first kappa shape index (κ1) is 27.7. The molecule has 0 saturated heterocycles. The van der Waals surface area contributed by atoms with Crippen molar-refractivity contribution in [2.45, 2.75) is 38.0 Å². The molecule has 204 valence electrons. The van der Waals surface area contributed by atoms with Crippen molar-refractivity contribution in [2.75, 3.05) is 29.6 Å². The van der Waals surface area contributed by atoms with Crippen molar-refractivity contribution >= 4 is 38.9 Å². The lowest BCUT2D eigenvalue weighted by Gasteiger charge is -2.21. The number of nitrogens with zero attached hydrogens (tertiary/aromatic N) is 2. The van der Waals surface area contributed by atoms with Crippen LogP contribution in [0.2, 0.25) is 0 Å². The maximum absolute atomic E-state index is 13.3. The second-order valence-corrected chi connectivity index (χ2v) is 11.6. The van der Waals surface area contributed by atoms with E-state index >= 15 is 0 Å². The highest BCUT2D eigenvalue weighted by Crippen LogP contribution is 2.32. The van der Waals surface area contributed by atoms with Crippen LogP contribution in [0, 0.1) is 6.92 Å². The van der Waals surface area contributed by atoms with Crippen molar-refractivity contribution < 1.29 is 17.9 Å². The molecule has 3 aromatic carbocycles. The van der Waals surface area contributed by atoms with Crippen LogP contribution in [0.4, 0.5) is 28.8 Å². The van der Waals surface area contributed by atoms with E-state index in [1.54, 1.807) is 43.5 Å². The van der Waals surface area contributed by atoms with Gasteiger partial charge in [-0.1, -0.05) is 26.8 Å². The molecule has 1 aromatic heterocycles. The molecular formula is C29H33N5O4S. The van der Waals surface area contributed by atoms with Crippen LogP contribution in [-0.2, 0) is 15.4 Å². The van der Waals surface area contributed by atoms with Gasteiger partial charge in [0.15, 0.2) is 0 Å². The number of benzene rings is 3. The van der Waals surface area contributed by atoms with Gasteiger partial charge in [0.1, 0.15) is 22.2 Å². The molecule has 0 aliphatic heterocycles. The Morgan fingerprint density at radius 2 is 1.36 bits per heavy atom. The summed E-state index contributed by atoms with van der Waals surface area (Å²) in [6, 6.07) is 21.4. The molecule has 0 saturated carbocycles. The smallest absolute Gasteiger partial charge is 0.265 e. The minimum atomic E-state index is -3.89. The van der Waals surface area contributed by atoms with Crippen molar-refractivity contribution in [1.82, 2.24) is 9.97 Å². The van der Waals surface area contributed by atoms with E-state index < -0.39 is 10.0 Å². The first-order valence-corrected chi connectivity index (χ1v) is 13.8. The molecular weight excluding hydrogens is 514 g/mol. The second-order valence-electron chi connectivity index (χ2n) is 10.00. The Bertz CT molecular complexity index is 1550. The van der Waals surface area contributed by atoms with Gasteiger partial charge >= 0.3 is 0 Å².